The van der Waals surface area contributed by atoms with Gasteiger partial charge in [-0.15, -0.1) is 0 Å². The number of halogens is 1. The zero-order valence-electron chi connectivity index (χ0n) is 12.6. The molecule has 0 fully saturated rings. The van der Waals surface area contributed by atoms with Crippen molar-refractivity contribution in [1.29, 1.82) is 0 Å². The van der Waals surface area contributed by atoms with E-state index in [4.69, 9.17) is 21.7 Å². The van der Waals surface area contributed by atoms with Crippen molar-refractivity contribution in [2.24, 2.45) is 0 Å². The molecule has 0 bridgehead atoms. The van der Waals surface area contributed by atoms with Crippen LogP contribution in [0.3, 0.4) is 0 Å². The molecule has 0 radical (unpaired) electrons. The van der Waals surface area contributed by atoms with Gasteiger partial charge in [0.15, 0.2) is 16.6 Å². The lowest BCUT2D eigenvalue weighted by atomic mass is 10.1. The molecule has 120 valence electrons. The van der Waals surface area contributed by atoms with E-state index in [-0.39, 0.29) is 11.9 Å². The molecule has 4 nitrogen and oxygen atoms in total. The van der Waals surface area contributed by atoms with Crippen molar-refractivity contribution in [2.45, 2.75) is 13.0 Å². The SMILES string of the molecule is CC(NC(=S)Nc1ccc2c(c1)OCCO2)c1ccc(F)cc1. The molecule has 0 saturated carbocycles. The molecule has 1 heterocycles. The van der Waals surface area contributed by atoms with Crippen LogP contribution in [0, 0.1) is 5.82 Å². The lowest BCUT2D eigenvalue weighted by Crippen LogP contribution is -2.31. The Kier molecular flexibility index (Phi) is 4.62. The molecule has 1 aliphatic heterocycles. The highest BCUT2D eigenvalue weighted by Gasteiger charge is 2.13. The predicted octanol–water partition coefficient (Wildman–Crippen LogP) is 3.64. The Bertz CT molecular complexity index is 706. The highest BCUT2D eigenvalue weighted by molar-refractivity contribution is 7.80. The van der Waals surface area contributed by atoms with Crippen molar-refractivity contribution in [3.05, 3.63) is 53.8 Å². The Labute approximate surface area is 139 Å². The molecule has 1 aliphatic rings. The van der Waals surface area contributed by atoms with Crippen molar-refractivity contribution in [2.75, 3.05) is 18.5 Å². The van der Waals surface area contributed by atoms with Gasteiger partial charge in [0.05, 0.1) is 6.04 Å². The largest absolute Gasteiger partial charge is 0.486 e. The number of fused-ring (bicyclic) bond motifs is 1. The van der Waals surface area contributed by atoms with Gasteiger partial charge in [0, 0.05) is 11.8 Å². The van der Waals surface area contributed by atoms with E-state index in [1.807, 2.05) is 25.1 Å². The molecular weight excluding hydrogens is 315 g/mol. The average Bonchev–Trinajstić information content (AvgIpc) is 2.55. The second kappa shape index (κ2) is 6.83. The smallest absolute Gasteiger partial charge is 0.171 e. The second-order valence-electron chi connectivity index (χ2n) is 5.23. The van der Waals surface area contributed by atoms with Crippen LogP contribution >= 0.6 is 12.2 Å². The lowest BCUT2D eigenvalue weighted by molar-refractivity contribution is 0.171. The summed E-state index contributed by atoms with van der Waals surface area (Å²) in [5.41, 5.74) is 1.77. The van der Waals surface area contributed by atoms with Crippen LogP contribution in [0.1, 0.15) is 18.5 Å². The molecule has 0 aromatic heterocycles. The topological polar surface area (TPSA) is 42.5 Å². The Morgan fingerprint density at radius 3 is 2.52 bits per heavy atom. The summed E-state index contributed by atoms with van der Waals surface area (Å²) in [5.74, 6) is 1.19. The molecule has 3 rings (SSSR count). The number of benzene rings is 2. The lowest BCUT2D eigenvalue weighted by Gasteiger charge is -2.20. The van der Waals surface area contributed by atoms with Crippen LogP contribution in [-0.4, -0.2) is 18.3 Å². The van der Waals surface area contributed by atoms with E-state index in [2.05, 4.69) is 10.6 Å². The minimum absolute atomic E-state index is 0.0344. The molecular formula is C17H17FN2O2S. The van der Waals surface area contributed by atoms with Gasteiger partial charge in [0.25, 0.3) is 0 Å². The van der Waals surface area contributed by atoms with Gasteiger partial charge in [-0.2, -0.15) is 0 Å². The highest BCUT2D eigenvalue weighted by atomic mass is 32.1. The van der Waals surface area contributed by atoms with Gasteiger partial charge in [-0.3, -0.25) is 0 Å². The summed E-state index contributed by atoms with van der Waals surface area (Å²) in [5, 5.41) is 6.77. The number of ether oxygens (including phenoxy) is 2. The van der Waals surface area contributed by atoms with E-state index in [0.717, 1.165) is 17.0 Å². The standard InChI is InChI=1S/C17H17FN2O2S/c1-11(12-2-4-13(18)5-3-12)19-17(23)20-14-6-7-15-16(10-14)22-9-8-21-15/h2-7,10-11H,8-9H2,1H3,(H2,19,20,23). The van der Waals surface area contributed by atoms with E-state index in [1.54, 1.807) is 12.1 Å². The van der Waals surface area contributed by atoms with Gasteiger partial charge in [-0.05, 0) is 49.0 Å². The first kappa shape index (κ1) is 15.6. The molecule has 0 amide bonds. The molecule has 2 aromatic carbocycles. The van der Waals surface area contributed by atoms with Crippen LogP contribution in [0.2, 0.25) is 0 Å². The summed E-state index contributed by atoms with van der Waals surface area (Å²) >= 11 is 5.32. The van der Waals surface area contributed by atoms with E-state index in [1.165, 1.54) is 12.1 Å². The van der Waals surface area contributed by atoms with Gasteiger partial charge in [0.1, 0.15) is 19.0 Å². The minimum atomic E-state index is -0.252. The maximum Gasteiger partial charge on any atom is 0.171 e. The third-order valence-corrected chi connectivity index (χ3v) is 3.74. The fourth-order valence-corrected chi connectivity index (χ4v) is 2.61. The van der Waals surface area contributed by atoms with Crippen LogP contribution in [0.4, 0.5) is 10.1 Å². The Morgan fingerprint density at radius 2 is 1.78 bits per heavy atom. The zero-order valence-corrected chi connectivity index (χ0v) is 13.5. The van der Waals surface area contributed by atoms with Gasteiger partial charge in [-0.25, -0.2) is 4.39 Å². The van der Waals surface area contributed by atoms with E-state index in [0.29, 0.717) is 24.1 Å². The summed E-state index contributed by atoms with van der Waals surface area (Å²) in [6.07, 6.45) is 0. The molecule has 0 saturated heterocycles. The van der Waals surface area contributed by atoms with Gasteiger partial charge in [-0.1, -0.05) is 12.1 Å². The molecule has 0 aliphatic carbocycles. The third-order valence-electron chi connectivity index (χ3n) is 3.52. The third kappa shape index (κ3) is 3.90. The average molecular weight is 332 g/mol. The predicted molar refractivity (Wildman–Crippen MR) is 91.6 cm³/mol. The van der Waals surface area contributed by atoms with Crippen molar-refractivity contribution in [3.8, 4) is 11.5 Å². The van der Waals surface area contributed by atoms with Gasteiger partial charge < -0.3 is 20.1 Å². The first-order valence-electron chi connectivity index (χ1n) is 7.34. The minimum Gasteiger partial charge on any atom is -0.486 e. The summed E-state index contributed by atoms with van der Waals surface area (Å²) in [6.45, 7) is 3.07. The Balaban J connectivity index is 1.61. The van der Waals surface area contributed by atoms with Gasteiger partial charge >= 0.3 is 0 Å². The summed E-state index contributed by atoms with van der Waals surface area (Å²) in [6, 6.07) is 11.9. The molecule has 0 spiro atoms. The fraction of sp³-hybridized carbons (Fsp3) is 0.235. The summed E-state index contributed by atoms with van der Waals surface area (Å²) < 4.78 is 24.0. The molecule has 1 atom stereocenters. The zero-order chi connectivity index (χ0) is 16.2. The monoisotopic (exact) mass is 332 g/mol. The number of thiocarbonyl (C=S) groups is 1. The molecule has 2 N–H and O–H groups in total. The second-order valence-corrected chi connectivity index (χ2v) is 5.64. The molecule has 23 heavy (non-hydrogen) atoms. The Morgan fingerprint density at radius 1 is 1.09 bits per heavy atom. The van der Waals surface area contributed by atoms with Crippen LogP contribution in [-0.2, 0) is 0 Å². The van der Waals surface area contributed by atoms with Crippen LogP contribution in [0.5, 0.6) is 11.5 Å². The first-order chi connectivity index (χ1) is 11.1. The van der Waals surface area contributed by atoms with Crippen molar-refractivity contribution in [1.82, 2.24) is 5.32 Å². The first-order valence-corrected chi connectivity index (χ1v) is 7.75. The van der Waals surface area contributed by atoms with E-state index < -0.39 is 0 Å². The molecule has 2 aromatic rings. The fourth-order valence-electron chi connectivity index (χ4n) is 2.32. The Hall–Kier alpha value is -2.34. The highest BCUT2D eigenvalue weighted by Crippen LogP contribution is 2.32. The number of hydrogen-bond acceptors (Lipinski definition) is 3. The van der Waals surface area contributed by atoms with E-state index in [9.17, 15) is 4.39 Å². The molecule has 1 unspecified atom stereocenters. The van der Waals surface area contributed by atoms with Crippen LogP contribution in [0.15, 0.2) is 42.5 Å². The summed E-state index contributed by atoms with van der Waals surface area (Å²) in [4.78, 5) is 0. The van der Waals surface area contributed by atoms with Crippen molar-refractivity contribution >= 4 is 23.0 Å². The van der Waals surface area contributed by atoms with Crippen molar-refractivity contribution < 1.29 is 13.9 Å². The number of nitrogens with one attached hydrogen (secondary N) is 2. The number of hydrogen-bond donors (Lipinski definition) is 2. The van der Waals surface area contributed by atoms with Crippen LogP contribution < -0.4 is 20.1 Å². The van der Waals surface area contributed by atoms with Crippen LogP contribution in [0.25, 0.3) is 0 Å². The number of anilines is 1. The summed E-state index contributed by atoms with van der Waals surface area (Å²) in [7, 11) is 0. The van der Waals surface area contributed by atoms with Gasteiger partial charge in [0.2, 0.25) is 0 Å². The molecule has 6 heteroatoms. The normalized spacial score (nSPS) is 14.0. The van der Waals surface area contributed by atoms with E-state index >= 15 is 0 Å². The maximum atomic E-state index is 13.0. The quantitative estimate of drug-likeness (QED) is 0.840. The van der Waals surface area contributed by atoms with Crippen molar-refractivity contribution in [3.63, 3.8) is 0 Å². The maximum absolute atomic E-state index is 13.0. The number of rotatable bonds is 3.